The molecule has 2 aromatic heterocycles. The Balaban J connectivity index is 1.67. The molecule has 0 unspecified atom stereocenters. The first-order valence-electron chi connectivity index (χ1n) is 9.90. The molecule has 0 saturated heterocycles. The first-order chi connectivity index (χ1) is 13.3. The van der Waals surface area contributed by atoms with Gasteiger partial charge in [0.15, 0.2) is 0 Å². The van der Waals surface area contributed by atoms with E-state index in [1.54, 1.807) is 0 Å². The Morgan fingerprint density at radius 2 is 1.59 bits per heavy atom. The van der Waals surface area contributed by atoms with Crippen molar-refractivity contribution in [3.8, 4) is 11.3 Å². The van der Waals surface area contributed by atoms with Gasteiger partial charge >= 0.3 is 0 Å². The van der Waals surface area contributed by atoms with E-state index < -0.39 is 0 Å². The summed E-state index contributed by atoms with van der Waals surface area (Å²) in [4.78, 5) is 4.86. The van der Waals surface area contributed by atoms with E-state index in [1.807, 2.05) is 6.20 Å². The van der Waals surface area contributed by atoms with Crippen molar-refractivity contribution in [1.82, 2.24) is 9.55 Å². The summed E-state index contributed by atoms with van der Waals surface area (Å²) in [7, 11) is 0. The molecule has 0 saturated carbocycles. The second-order valence-corrected chi connectivity index (χ2v) is 7.03. The molecule has 0 N–H and O–H groups in total. The Hall–Kier alpha value is -2.87. The summed E-state index contributed by atoms with van der Waals surface area (Å²) in [6.07, 6.45) is 7.32. The van der Waals surface area contributed by atoms with Crippen molar-refractivity contribution in [2.75, 3.05) is 0 Å². The van der Waals surface area contributed by atoms with Crippen molar-refractivity contribution in [1.29, 1.82) is 0 Å². The lowest BCUT2D eigenvalue weighted by Crippen LogP contribution is -2.00. The molecule has 4 rings (SSSR count). The van der Waals surface area contributed by atoms with Crippen LogP contribution in [0.1, 0.15) is 30.5 Å². The van der Waals surface area contributed by atoms with E-state index in [1.165, 1.54) is 33.2 Å². The molecular formula is C25H26N2. The second kappa shape index (κ2) is 7.79. The van der Waals surface area contributed by atoms with Crippen molar-refractivity contribution in [2.45, 2.75) is 39.7 Å². The highest BCUT2D eigenvalue weighted by Crippen LogP contribution is 2.30. The number of rotatable bonds is 6. The average Bonchev–Trinajstić information content (AvgIpc) is 3.14. The SMILES string of the molecule is CCc1cccc(CC)c1-c1cc2ccn(CCc3ccccc3)c2cn1. The fraction of sp³-hybridized carbons (Fsp3) is 0.240. The van der Waals surface area contributed by atoms with Gasteiger partial charge in [0, 0.05) is 23.7 Å². The first-order valence-corrected chi connectivity index (χ1v) is 9.90. The molecule has 136 valence electrons. The van der Waals surface area contributed by atoms with E-state index in [2.05, 4.69) is 85.3 Å². The van der Waals surface area contributed by atoms with Crippen LogP contribution in [0.4, 0.5) is 0 Å². The molecule has 27 heavy (non-hydrogen) atoms. The molecule has 0 aliphatic rings. The topological polar surface area (TPSA) is 17.8 Å². The summed E-state index contributed by atoms with van der Waals surface area (Å²) in [6, 6.07) is 21.7. The number of nitrogens with zero attached hydrogens (tertiary/aromatic N) is 2. The van der Waals surface area contributed by atoms with E-state index in [9.17, 15) is 0 Å². The lowest BCUT2D eigenvalue weighted by molar-refractivity contribution is 0.722. The first kappa shape index (κ1) is 17.5. The number of hydrogen-bond donors (Lipinski definition) is 0. The van der Waals surface area contributed by atoms with Crippen LogP contribution >= 0.6 is 0 Å². The molecule has 0 amide bonds. The molecule has 0 fully saturated rings. The van der Waals surface area contributed by atoms with Gasteiger partial charge in [0.05, 0.1) is 17.4 Å². The van der Waals surface area contributed by atoms with Crippen molar-refractivity contribution >= 4 is 10.9 Å². The number of aromatic nitrogens is 2. The molecule has 0 spiro atoms. The van der Waals surface area contributed by atoms with E-state index in [-0.39, 0.29) is 0 Å². The van der Waals surface area contributed by atoms with Gasteiger partial charge < -0.3 is 4.57 Å². The van der Waals surface area contributed by atoms with Gasteiger partial charge in [0.2, 0.25) is 0 Å². The third kappa shape index (κ3) is 3.52. The largest absolute Gasteiger partial charge is 0.346 e. The molecular weight excluding hydrogens is 328 g/mol. The third-order valence-electron chi connectivity index (χ3n) is 5.40. The Labute approximate surface area is 161 Å². The zero-order valence-corrected chi connectivity index (χ0v) is 16.2. The summed E-state index contributed by atoms with van der Waals surface area (Å²) >= 11 is 0. The van der Waals surface area contributed by atoms with E-state index >= 15 is 0 Å². The highest BCUT2D eigenvalue weighted by Gasteiger charge is 2.12. The second-order valence-electron chi connectivity index (χ2n) is 7.03. The number of fused-ring (bicyclic) bond motifs is 1. The number of aryl methyl sites for hydroxylation is 4. The molecule has 2 nitrogen and oxygen atoms in total. The van der Waals surface area contributed by atoms with Gasteiger partial charge in [-0.05, 0) is 48.1 Å². The van der Waals surface area contributed by atoms with Gasteiger partial charge in [0.25, 0.3) is 0 Å². The third-order valence-corrected chi connectivity index (χ3v) is 5.40. The molecule has 2 aromatic carbocycles. The lowest BCUT2D eigenvalue weighted by atomic mass is 9.94. The van der Waals surface area contributed by atoms with Gasteiger partial charge in [-0.15, -0.1) is 0 Å². The predicted molar refractivity (Wildman–Crippen MR) is 114 cm³/mol. The highest BCUT2D eigenvalue weighted by atomic mass is 15.0. The normalized spacial score (nSPS) is 11.2. The molecule has 0 bridgehead atoms. The summed E-state index contributed by atoms with van der Waals surface area (Å²) in [5.41, 5.74) is 7.75. The van der Waals surface area contributed by atoms with E-state index in [0.717, 1.165) is 31.5 Å². The Morgan fingerprint density at radius 1 is 0.852 bits per heavy atom. The minimum absolute atomic E-state index is 0.973. The van der Waals surface area contributed by atoms with Crippen LogP contribution in [-0.2, 0) is 25.8 Å². The lowest BCUT2D eigenvalue weighted by Gasteiger charge is -2.13. The zero-order valence-electron chi connectivity index (χ0n) is 16.2. The van der Waals surface area contributed by atoms with Gasteiger partial charge in [-0.25, -0.2) is 0 Å². The molecule has 2 heteroatoms. The monoisotopic (exact) mass is 354 g/mol. The van der Waals surface area contributed by atoms with Crippen molar-refractivity contribution in [3.63, 3.8) is 0 Å². The smallest absolute Gasteiger partial charge is 0.0715 e. The fourth-order valence-corrected chi connectivity index (χ4v) is 3.89. The molecule has 0 radical (unpaired) electrons. The minimum Gasteiger partial charge on any atom is -0.346 e. The maximum Gasteiger partial charge on any atom is 0.0715 e. The minimum atomic E-state index is 0.973. The van der Waals surface area contributed by atoms with Crippen LogP contribution in [-0.4, -0.2) is 9.55 Å². The van der Waals surface area contributed by atoms with Crippen LogP contribution in [0, 0.1) is 0 Å². The Morgan fingerprint density at radius 3 is 2.30 bits per heavy atom. The van der Waals surface area contributed by atoms with Crippen molar-refractivity contribution in [2.24, 2.45) is 0 Å². The Bertz CT molecular complexity index is 1020. The maximum absolute atomic E-state index is 4.86. The van der Waals surface area contributed by atoms with Gasteiger partial charge in [-0.3, -0.25) is 4.98 Å². The zero-order chi connectivity index (χ0) is 18.6. The molecule has 0 aliphatic carbocycles. The summed E-state index contributed by atoms with van der Waals surface area (Å²) in [6.45, 7) is 5.41. The highest BCUT2D eigenvalue weighted by molar-refractivity contribution is 5.84. The number of pyridine rings is 1. The van der Waals surface area contributed by atoms with Crippen LogP contribution in [0.5, 0.6) is 0 Å². The van der Waals surface area contributed by atoms with E-state index in [4.69, 9.17) is 4.98 Å². The molecule has 4 aromatic rings. The fourth-order valence-electron chi connectivity index (χ4n) is 3.89. The quantitative estimate of drug-likeness (QED) is 0.411. The molecule has 0 aliphatic heterocycles. The van der Waals surface area contributed by atoms with Gasteiger partial charge in [-0.2, -0.15) is 0 Å². The van der Waals surface area contributed by atoms with Crippen molar-refractivity contribution < 1.29 is 0 Å². The summed E-state index contributed by atoms with van der Waals surface area (Å²) in [5, 5.41) is 1.26. The maximum atomic E-state index is 4.86. The Kier molecular flexibility index (Phi) is 5.06. The van der Waals surface area contributed by atoms with Crippen LogP contribution in [0.25, 0.3) is 22.2 Å². The molecule has 2 heterocycles. The predicted octanol–water partition coefficient (Wildman–Crippen LogP) is 6.07. The van der Waals surface area contributed by atoms with Gasteiger partial charge in [0.1, 0.15) is 0 Å². The van der Waals surface area contributed by atoms with Crippen molar-refractivity contribution in [3.05, 3.63) is 89.7 Å². The number of benzene rings is 2. The van der Waals surface area contributed by atoms with Crippen LogP contribution in [0.15, 0.2) is 73.1 Å². The molecule has 0 atom stereocenters. The van der Waals surface area contributed by atoms with Crippen LogP contribution < -0.4 is 0 Å². The summed E-state index contributed by atoms with van der Waals surface area (Å²) < 4.78 is 2.31. The van der Waals surface area contributed by atoms with Crippen LogP contribution in [0.3, 0.4) is 0 Å². The standard InChI is InChI=1S/C25H26N2/c1-3-20-11-8-12-21(4-2)25(20)23-17-22-14-16-27(24(22)18-26-23)15-13-19-9-6-5-7-10-19/h5-12,14,16-18H,3-4,13,15H2,1-2H3. The number of hydrogen-bond acceptors (Lipinski definition) is 1. The average molecular weight is 354 g/mol. The summed E-state index contributed by atoms with van der Waals surface area (Å²) in [5.74, 6) is 0. The van der Waals surface area contributed by atoms with E-state index in [0.29, 0.717) is 0 Å². The van der Waals surface area contributed by atoms with Gasteiger partial charge in [-0.1, -0.05) is 62.4 Å². The van der Waals surface area contributed by atoms with Crippen LogP contribution in [0.2, 0.25) is 0 Å².